The molecular formula is C21H20N5O3+. The van der Waals surface area contributed by atoms with E-state index in [0.29, 0.717) is 17.1 Å². The average Bonchev–Trinajstić information content (AvgIpc) is 3.22. The van der Waals surface area contributed by atoms with Crippen LogP contribution in [0.1, 0.15) is 21.7 Å². The Morgan fingerprint density at radius 2 is 2.24 bits per heavy atom. The Labute approximate surface area is 165 Å². The maximum atomic E-state index is 13.2. The van der Waals surface area contributed by atoms with Crippen molar-refractivity contribution in [1.82, 2.24) is 14.7 Å². The third-order valence-electron chi connectivity index (χ3n) is 4.72. The van der Waals surface area contributed by atoms with Crippen LogP contribution in [0.2, 0.25) is 0 Å². The number of amides is 1. The minimum Gasteiger partial charge on any atom is -0.466 e. The molecule has 0 radical (unpaired) electrons. The second kappa shape index (κ2) is 7.23. The zero-order valence-corrected chi connectivity index (χ0v) is 15.9. The molecule has 0 saturated carbocycles. The van der Waals surface area contributed by atoms with Gasteiger partial charge in [-0.05, 0) is 31.2 Å². The molecule has 0 saturated heterocycles. The van der Waals surface area contributed by atoms with Crippen molar-refractivity contribution < 1.29 is 13.8 Å². The molecule has 0 spiro atoms. The predicted octanol–water partition coefficient (Wildman–Crippen LogP) is 1.58. The van der Waals surface area contributed by atoms with Crippen LogP contribution in [0.25, 0.3) is 16.7 Å². The molecule has 8 nitrogen and oxygen atoms in total. The van der Waals surface area contributed by atoms with Gasteiger partial charge in [-0.1, -0.05) is 17.1 Å². The molecule has 4 aromatic heterocycles. The molecule has 0 aliphatic rings. The fourth-order valence-electron chi connectivity index (χ4n) is 3.27. The highest BCUT2D eigenvalue weighted by atomic mass is 16.3. The molecule has 0 unspecified atom stereocenters. The van der Waals surface area contributed by atoms with Crippen LogP contribution >= 0.6 is 0 Å². The van der Waals surface area contributed by atoms with Gasteiger partial charge in [0.15, 0.2) is 0 Å². The number of carbonyl (C=O) groups excluding carboxylic acids is 1. The summed E-state index contributed by atoms with van der Waals surface area (Å²) in [4.78, 5) is 30.5. The lowest BCUT2D eigenvalue weighted by atomic mass is 10.1. The van der Waals surface area contributed by atoms with Gasteiger partial charge in [0.1, 0.15) is 23.3 Å². The average molecular weight is 390 g/mol. The first-order chi connectivity index (χ1) is 14.0. The maximum absolute atomic E-state index is 13.2. The molecule has 0 fully saturated rings. The van der Waals surface area contributed by atoms with Crippen molar-refractivity contribution in [3.63, 3.8) is 0 Å². The summed E-state index contributed by atoms with van der Waals surface area (Å²) >= 11 is 0. The number of anilines is 1. The van der Waals surface area contributed by atoms with E-state index in [0.717, 1.165) is 5.56 Å². The predicted molar refractivity (Wildman–Crippen MR) is 109 cm³/mol. The first-order valence-electron chi connectivity index (χ1n) is 9.06. The number of hydrogen-bond donors (Lipinski definition) is 2. The van der Waals surface area contributed by atoms with Crippen molar-refractivity contribution in [2.45, 2.75) is 13.5 Å². The number of carbonyl (C=O) groups is 1. The fraction of sp³-hybridized carbons (Fsp3) is 0.143. The Morgan fingerprint density at radius 1 is 1.41 bits per heavy atom. The van der Waals surface area contributed by atoms with E-state index in [-0.39, 0.29) is 35.4 Å². The van der Waals surface area contributed by atoms with E-state index in [1.54, 1.807) is 41.3 Å². The van der Waals surface area contributed by atoms with E-state index in [2.05, 4.69) is 11.9 Å². The maximum Gasteiger partial charge on any atom is 0.278 e. The number of nitrogens with two attached hydrogens (primary N) is 1. The number of pyridine rings is 2. The highest BCUT2D eigenvalue weighted by Gasteiger charge is 2.25. The highest BCUT2D eigenvalue weighted by molar-refractivity contribution is 6.00. The Balaban J connectivity index is 2.06. The van der Waals surface area contributed by atoms with Gasteiger partial charge in [-0.25, -0.2) is 4.57 Å². The molecule has 4 heterocycles. The Kier molecular flexibility index (Phi) is 4.59. The van der Waals surface area contributed by atoms with Crippen LogP contribution in [0.3, 0.4) is 0 Å². The number of nitrogen functional groups attached to an aromatic ring is 1. The second-order valence-corrected chi connectivity index (χ2v) is 6.65. The Bertz CT molecular complexity index is 1310. The molecular weight excluding hydrogens is 370 g/mol. The topological polar surface area (TPSA) is 107 Å². The van der Waals surface area contributed by atoms with E-state index in [1.807, 2.05) is 13.0 Å². The van der Waals surface area contributed by atoms with Crippen molar-refractivity contribution in [2.24, 2.45) is 0 Å². The van der Waals surface area contributed by atoms with Crippen LogP contribution in [0.5, 0.6) is 0 Å². The number of hydrogen-bond acceptors (Lipinski definition) is 5. The number of furan rings is 1. The molecule has 0 aromatic carbocycles. The Morgan fingerprint density at radius 3 is 2.97 bits per heavy atom. The summed E-state index contributed by atoms with van der Waals surface area (Å²) in [6, 6.07) is 8.71. The molecule has 8 heteroatoms. The smallest absolute Gasteiger partial charge is 0.278 e. The standard InChI is InChI=1S/C21H19N5O3/c1-3-8-23-20(27)15-11-16-19(26(17(15)22)12-14-7-5-10-29-14)24-18-13(2)6-4-9-25(18)21(16)28/h3-7,9-11,22H,1,8,12H2,2H3,(H,23,27)/p+1. The fourth-order valence-corrected chi connectivity index (χ4v) is 3.27. The highest BCUT2D eigenvalue weighted by Crippen LogP contribution is 2.16. The Hall–Kier alpha value is -3.94. The van der Waals surface area contributed by atoms with Gasteiger partial charge in [0, 0.05) is 18.3 Å². The minimum atomic E-state index is -0.397. The van der Waals surface area contributed by atoms with Gasteiger partial charge < -0.3 is 15.5 Å². The van der Waals surface area contributed by atoms with Crippen LogP contribution in [0.15, 0.2) is 64.7 Å². The first kappa shape index (κ1) is 18.4. The van der Waals surface area contributed by atoms with Crippen LogP contribution in [-0.4, -0.2) is 21.8 Å². The van der Waals surface area contributed by atoms with E-state index < -0.39 is 5.91 Å². The van der Waals surface area contributed by atoms with Crippen LogP contribution in [-0.2, 0) is 6.54 Å². The third kappa shape index (κ3) is 3.14. The number of nitrogens with zero attached hydrogens (tertiary/aromatic N) is 3. The van der Waals surface area contributed by atoms with E-state index >= 15 is 0 Å². The zero-order chi connectivity index (χ0) is 20.5. The molecule has 4 aromatic rings. The van der Waals surface area contributed by atoms with Crippen LogP contribution in [0.4, 0.5) is 5.82 Å². The molecule has 1 amide bonds. The van der Waals surface area contributed by atoms with Crippen molar-refractivity contribution in [3.8, 4) is 0 Å². The van der Waals surface area contributed by atoms with E-state index in [4.69, 9.17) is 15.1 Å². The third-order valence-corrected chi connectivity index (χ3v) is 4.72. The summed E-state index contributed by atoms with van der Waals surface area (Å²) in [6.45, 7) is 5.98. The van der Waals surface area contributed by atoms with Gasteiger partial charge in [0.2, 0.25) is 11.5 Å². The number of aromatic nitrogens is 3. The SMILES string of the molecule is C=CCNC(=O)c1cc2c(=O)n3cccc(C)c3nc2[n+](Cc2ccco2)c1N. The largest absolute Gasteiger partial charge is 0.466 e. The van der Waals surface area contributed by atoms with Crippen molar-refractivity contribution in [3.05, 3.63) is 82.7 Å². The normalized spacial score (nSPS) is 11.1. The molecule has 0 aliphatic heterocycles. The van der Waals surface area contributed by atoms with Crippen molar-refractivity contribution >= 4 is 28.4 Å². The van der Waals surface area contributed by atoms with E-state index in [9.17, 15) is 9.59 Å². The summed E-state index contributed by atoms with van der Waals surface area (Å²) in [5, 5.41) is 2.99. The van der Waals surface area contributed by atoms with Gasteiger partial charge in [0.05, 0.1) is 6.26 Å². The summed E-state index contributed by atoms with van der Waals surface area (Å²) in [6.07, 6.45) is 4.78. The quantitative estimate of drug-likeness (QED) is 0.306. The number of aryl methyl sites for hydroxylation is 1. The number of fused-ring (bicyclic) bond motifs is 2. The van der Waals surface area contributed by atoms with Gasteiger partial charge >= 0.3 is 0 Å². The molecule has 0 bridgehead atoms. The lowest BCUT2D eigenvalue weighted by Crippen LogP contribution is -2.43. The van der Waals surface area contributed by atoms with Gasteiger partial charge in [-0.3, -0.25) is 14.0 Å². The number of nitrogens with one attached hydrogen (secondary N) is 1. The summed E-state index contributed by atoms with van der Waals surface area (Å²) in [5.74, 6) is 0.421. The zero-order valence-electron chi connectivity index (χ0n) is 15.9. The van der Waals surface area contributed by atoms with Crippen LogP contribution in [0, 0.1) is 6.92 Å². The first-order valence-corrected chi connectivity index (χ1v) is 9.06. The van der Waals surface area contributed by atoms with Gasteiger partial charge in [-0.2, -0.15) is 0 Å². The molecule has 4 rings (SSSR count). The molecule has 146 valence electrons. The molecule has 0 aliphatic carbocycles. The lowest BCUT2D eigenvalue weighted by Gasteiger charge is -2.11. The molecule has 0 atom stereocenters. The van der Waals surface area contributed by atoms with Gasteiger partial charge in [0.25, 0.3) is 17.1 Å². The number of rotatable bonds is 5. The summed E-state index contributed by atoms with van der Waals surface area (Å²) < 4.78 is 8.55. The monoisotopic (exact) mass is 390 g/mol. The van der Waals surface area contributed by atoms with Crippen molar-refractivity contribution in [1.29, 1.82) is 0 Å². The second-order valence-electron chi connectivity index (χ2n) is 6.65. The minimum absolute atomic E-state index is 0.192. The summed E-state index contributed by atoms with van der Waals surface area (Å²) in [7, 11) is 0. The van der Waals surface area contributed by atoms with Crippen molar-refractivity contribution in [2.75, 3.05) is 12.3 Å². The molecule has 3 N–H and O–H groups in total. The molecule has 29 heavy (non-hydrogen) atoms. The van der Waals surface area contributed by atoms with Crippen LogP contribution < -0.4 is 21.2 Å². The summed E-state index contributed by atoms with van der Waals surface area (Å²) in [5.41, 5.74) is 8.04. The van der Waals surface area contributed by atoms with E-state index in [1.165, 1.54) is 10.5 Å². The van der Waals surface area contributed by atoms with Gasteiger partial charge in [-0.15, -0.1) is 6.58 Å². The lowest BCUT2D eigenvalue weighted by molar-refractivity contribution is -0.651.